The molecule has 0 bridgehead atoms. The average molecular weight is 386 g/mol. The Balaban J connectivity index is 1.97. The molecule has 27 heavy (non-hydrogen) atoms. The van der Waals surface area contributed by atoms with Gasteiger partial charge >= 0.3 is 5.97 Å². The number of hydrogen-bond donors (Lipinski definition) is 2. The van der Waals surface area contributed by atoms with Gasteiger partial charge in [0.15, 0.2) is 0 Å². The lowest BCUT2D eigenvalue weighted by Crippen LogP contribution is -2.11. The van der Waals surface area contributed by atoms with E-state index in [0.717, 1.165) is 16.5 Å². The number of hydrogen-bond acceptors (Lipinski definition) is 4. The molecule has 1 aromatic carbocycles. The van der Waals surface area contributed by atoms with Crippen LogP contribution >= 0.6 is 11.6 Å². The van der Waals surface area contributed by atoms with Gasteiger partial charge in [0.1, 0.15) is 5.69 Å². The van der Waals surface area contributed by atoms with E-state index in [1.165, 1.54) is 0 Å². The number of esters is 1. The fraction of sp³-hybridized carbons (Fsp3) is 0.250. The number of carbonyl (C=O) groups excluding carboxylic acids is 2. The maximum absolute atomic E-state index is 12.6. The molecule has 0 radical (unpaired) electrons. The number of fused-ring (bicyclic) bond motifs is 1. The third kappa shape index (κ3) is 4.28. The number of nitrogens with zero attached hydrogens (tertiary/aromatic N) is 1. The lowest BCUT2D eigenvalue weighted by molar-refractivity contribution is 0.0519. The van der Waals surface area contributed by atoms with Crippen LogP contribution in [0.5, 0.6) is 0 Å². The van der Waals surface area contributed by atoms with Crippen molar-refractivity contribution < 1.29 is 14.3 Å². The van der Waals surface area contributed by atoms with Crippen LogP contribution in [0.1, 0.15) is 39.8 Å². The van der Waals surface area contributed by atoms with E-state index in [1.54, 1.807) is 49.6 Å². The molecule has 2 heterocycles. The number of H-pyrrole nitrogens is 1. The number of pyridine rings is 1. The Morgan fingerprint density at radius 1 is 1.30 bits per heavy atom. The summed E-state index contributed by atoms with van der Waals surface area (Å²) in [6.07, 6.45) is 4.55. The first-order chi connectivity index (χ1) is 13.1. The summed E-state index contributed by atoms with van der Waals surface area (Å²) in [5.74, 6) is -0.164. The van der Waals surface area contributed by atoms with E-state index < -0.39 is 5.97 Å². The number of nitrogens with one attached hydrogen (secondary N) is 2. The predicted molar refractivity (Wildman–Crippen MR) is 105 cm³/mol. The van der Waals surface area contributed by atoms with E-state index in [4.69, 9.17) is 16.3 Å². The molecule has 0 fully saturated rings. The first kappa shape index (κ1) is 18.9. The van der Waals surface area contributed by atoms with Crippen molar-refractivity contribution in [3.05, 3.63) is 59.5 Å². The normalized spacial score (nSPS) is 10.7. The molecule has 0 spiro atoms. The van der Waals surface area contributed by atoms with Crippen molar-refractivity contribution >= 4 is 40.1 Å². The summed E-state index contributed by atoms with van der Waals surface area (Å²) < 4.78 is 5.15. The Bertz CT molecular complexity index is 954. The van der Waals surface area contributed by atoms with Crippen LogP contribution in [-0.4, -0.2) is 34.3 Å². The van der Waals surface area contributed by atoms with Crippen molar-refractivity contribution in [2.24, 2.45) is 0 Å². The smallest absolute Gasteiger partial charge is 0.355 e. The second kappa shape index (κ2) is 8.68. The maximum Gasteiger partial charge on any atom is 0.355 e. The number of carbonyl (C=O) groups is 2. The van der Waals surface area contributed by atoms with Gasteiger partial charge in [0.2, 0.25) is 0 Å². The van der Waals surface area contributed by atoms with Gasteiger partial charge in [-0.25, -0.2) is 4.79 Å². The number of ether oxygens (including phenoxy) is 1. The van der Waals surface area contributed by atoms with Gasteiger partial charge in [0.25, 0.3) is 5.91 Å². The highest BCUT2D eigenvalue weighted by Gasteiger charge is 2.19. The Morgan fingerprint density at radius 2 is 2.15 bits per heavy atom. The summed E-state index contributed by atoms with van der Waals surface area (Å²) in [6.45, 7) is 2.06. The summed E-state index contributed by atoms with van der Waals surface area (Å²) >= 11 is 5.84. The van der Waals surface area contributed by atoms with Crippen LogP contribution in [0.15, 0.2) is 42.7 Å². The van der Waals surface area contributed by atoms with E-state index in [0.29, 0.717) is 42.3 Å². The molecule has 0 aliphatic rings. The molecule has 0 atom stereocenters. The number of halogens is 1. The van der Waals surface area contributed by atoms with E-state index in [-0.39, 0.29) is 5.91 Å². The molecule has 0 saturated carbocycles. The van der Waals surface area contributed by atoms with Crippen molar-refractivity contribution in [1.82, 2.24) is 9.97 Å². The zero-order valence-corrected chi connectivity index (χ0v) is 15.7. The van der Waals surface area contributed by atoms with Gasteiger partial charge in [0, 0.05) is 28.5 Å². The van der Waals surface area contributed by atoms with E-state index in [2.05, 4.69) is 15.3 Å². The van der Waals surface area contributed by atoms with Crippen molar-refractivity contribution in [3.8, 4) is 0 Å². The molecular weight excluding hydrogens is 366 g/mol. The minimum Gasteiger partial charge on any atom is -0.461 e. The topological polar surface area (TPSA) is 84.1 Å². The van der Waals surface area contributed by atoms with Crippen LogP contribution in [0, 0.1) is 0 Å². The Labute approximate surface area is 161 Å². The second-order valence-electron chi connectivity index (χ2n) is 5.95. The van der Waals surface area contributed by atoms with Crippen molar-refractivity contribution in [3.63, 3.8) is 0 Å². The number of aromatic amines is 1. The van der Waals surface area contributed by atoms with E-state index in [1.807, 2.05) is 0 Å². The molecule has 1 amide bonds. The SMILES string of the molecule is CCOC(=O)c1[nH]c2ccc(C(=O)Nc3cccnc3)cc2c1CCCCl. The summed E-state index contributed by atoms with van der Waals surface area (Å²) in [6, 6.07) is 8.81. The first-order valence-electron chi connectivity index (χ1n) is 8.73. The molecule has 2 aromatic heterocycles. The minimum absolute atomic E-state index is 0.243. The summed E-state index contributed by atoms with van der Waals surface area (Å²) in [7, 11) is 0. The molecule has 2 N–H and O–H groups in total. The van der Waals surface area contributed by atoms with Crippen molar-refractivity contribution in [2.75, 3.05) is 17.8 Å². The number of aromatic nitrogens is 2. The molecule has 0 aliphatic heterocycles. The molecule has 3 rings (SSSR count). The van der Waals surface area contributed by atoms with Crippen LogP contribution in [0.3, 0.4) is 0 Å². The van der Waals surface area contributed by atoms with Gasteiger partial charge in [-0.2, -0.15) is 0 Å². The van der Waals surface area contributed by atoms with Gasteiger partial charge in [-0.1, -0.05) is 0 Å². The number of rotatable bonds is 7. The van der Waals surface area contributed by atoms with Gasteiger partial charge < -0.3 is 15.0 Å². The molecule has 0 aliphatic carbocycles. The highest BCUT2D eigenvalue weighted by molar-refractivity contribution is 6.17. The molecule has 0 saturated heterocycles. The molecule has 6 nitrogen and oxygen atoms in total. The van der Waals surface area contributed by atoms with Crippen LogP contribution in [0.25, 0.3) is 10.9 Å². The summed E-state index contributed by atoms with van der Waals surface area (Å²) in [4.78, 5) is 32.0. The fourth-order valence-corrected chi connectivity index (χ4v) is 3.04. The number of amides is 1. The Morgan fingerprint density at radius 3 is 2.85 bits per heavy atom. The summed E-state index contributed by atoms with van der Waals surface area (Å²) in [5, 5.41) is 3.63. The molecule has 140 valence electrons. The van der Waals surface area contributed by atoms with Crippen LogP contribution in [-0.2, 0) is 11.2 Å². The van der Waals surface area contributed by atoms with Gasteiger partial charge in [-0.05, 0) is 55.7 Å². The molecule has 7 heteroatoms. The first-order valence-corrected chi connectivity index (χ1v) is 9.26. The number of anilines is 1. The molecule has 0 unspecified atom stereocenters. The zero-order chi connectivity index (χ0) is 19.2. The van der Waals surface area contributed by atoms with Crippen molar-refractivity contribution in [1.29, 1.82) is 0 Å². The highest BCUT2D eigenvalue weighted by atomic mass is 35.5. The maximum atomic E-state index is 12.6. The quantitative estimate of drug-likeness (QED) is 0.472. The highest BCUT2D eigenvalue weighted by Crippen LogP contribution is 2.26. The fourth-order valence-electron chi connectivity index (χ4n) is 2.91. The second-order valence-corrected chi connectivity index (χ2v) is 6.33. The van der Waals surface area contributed by atoms with Crippen molar-refractivity contribution in [2.45, 2.75) is 19.8 Å². The van der Waals surface area contributed by atoms with Gasteiger partial charge in [0.05, 0.1) is 18.5 Å². The van der Waals surface area contributed by atoms with Crippen LogP contribution < -0.4 is 5.32 Å². The molecular formula is C20H20ClN3O3. The standard InChI is InChI=1S/C20H20ClN3O3/c1-2-27-20(26)18-15(6-3-9-21)16-11-13(7-8-17(16)24-18)19(25)23-14-5-4-10-22-12-14/h4-5,7-8,10-12,24H,2-3,6,9H2,1H3,(H,23,25). The number of benzene rings is 1. The van der Waals surface area contributed by atoms with E-state index >= 15 is 0 Å². The number of alkyl halides is 1. The largest absolute Gasteiger partial charge is 0.461 e. The predicted octanol–water partition coefficient (Wildman–Crippen LogP) is 4.16. The Kier molecular flexibility index (Phi) is 6.08. The minimum atomic E-state index is -0.403. The third-order valence-electron chi connectivity index (χ3n) is 4.13. The third-order valence-corrected chi connectivity index (χ3v) is 4.39. The lowest BCUT2D eigenvalue weighted by atomic mass is 10.0. The van der Waals surface area contributed by atoms with E-state index in [9.17, 15) is 9.59 Å². The van der Waals surface area contributed by atoms with Gasteiger partial charge in [-0.3, -0.25) is 9.78 Å². The molecule has 3 aromatic rings. The van der Waals surface area contributed by atoms with Crippen LogP contribution in [0.4, 0.5) is 5.69 Å². The zero-order valence-electron chi connectivity index (χ0n) is 14.9. The Hall–Kier alpha value is -2.86. The number of aryl methyl sites for hydroxylation is 1. The average Bonchev–Trinajstić information content (AvgIpc) is 3.05. The lowest BCUT2D eigenvalue weighted by Gasteiger charge is -2.06. The van der Waals surface area contributed by atoms with Gasteiger partial charge in [-0.15, -0.1) is 11.6 Å². The van der Waals surface area contributed by atoms with Crippen LogP contribution in [0.2, 0.25) is 0 Å². The monoisotopic (exact) mass is 385 g/mol. The summed E-state index contributed by atoms with van der Waals surface area (Å²) in [5.41, 5.74) is 3.13.